The van der Waals surface area contributed by atoms with Gasteiger partial charge in [-0.25, -0.2) is 0 Å². The van der Waals surface area contributed by atoms with Gasteiger partial charge in [-0.3, -0.25) is 4.79 Å². The lowest BCUT2D eigenvalue weighted by Gasteiger charge is -2.11. The van der Waals surface area contributed by atoms with Gasteiger partial charge in [-0.1, -0.05) is 32.9 Å². The summed E-state index contributed by atoms with van der Waals surface area (Å²) in [6.07, 6.45) is 3.90. The third-order valence-corrected chi connectivity index (χ3v) is 1.41. The summed E-state index contributed by atoms with van der Waals surface area (Å²) >= 11 is 0. The Morgan fingerprint density at radius 1 is 1.64 bits per heavy atom. The molecule has 0 saturated heterocycles. The number of carbonyl (C=O) groups excluding carboxylic acids is 1. The first kappa shape index (κ1) is 10.2. The Morgan fingerprint density at radius 3 is 2.64 bits per heavy atom. The van der Waals surface area contributed by atoms with Crippen LogP contribution in [0.1, 0.15) is 33.1 Å². The van der Waals surface area contributed by atoms with Crippen molar-refractivity contribution in [2.24, 2.45) is 0 Å². The molecule has 2 nitrogen and oxygen atoms in total. The molecule has 1 atom stereocenters. The van der Waals surface area contributed by atoms with Crippen molar-refractivity contribution >= 4 is 5.97 Å². The van der Waals surface area contributed by atoms with Gasteiger partial charge in [-0.05, 0) is 6.42 Å². The number of ether oxygens (including phenoxy) is 1. The van der Waals surface area contributed by atoms with Crippen LogP contribution in [0.3, 0.4) is 0 Å². The van der Waals surface area contributed by atoms with E-state index in [4.69, 9.17) is 4.74 Å². The van der Waals surface area contributed by atoms with Crippen LogP contribution in [0.4, 0.5) is 0 Å². The summed E-state index contributed by atoms with van der Waals surface area (Å²) in [7, 11) is 0. The molecule has 64 valence electrons. The second-order valence-electron chi connectivity index (χ2n) is 2.41. The quantitative estimate of drug-likeness (QED) is 0.451. The van der Waals surface area contributed by atoms with Crippen molar-refractivity contribution < 1.29 is 9.53 Å². The predicted molar refractivity (Wildman–Crippen MR) is 45.3 cm³/mol. The molecule has 0 aromatic rings. The lowest BCUT2D eigenvalue weighted by molar-refractivity contribution is -0.146. The number of rotatable bonds is 5. The normalized spacial score (nSPS) is 12.2. The Labute approximate surface area is 68.2 Å². The molecule has 11 heavy (non-hydrogen) atoms. The highest BCUT2D eigenvalue weighted by atomic mass is 16.5. The Bertz CT molecular complexity index is 130. The van der Waals surface area contributed by atoms with E-state index in [2.05, 4.69) is 13.5 Å². The molecular formula is C9H16O2. The average molecular weight is 156 g/mol. The first-order valence-corrected chi connectivity index (χ1v) is 4.06. The minimum absolute atomic E-state index is 0.0903. The van der Waals surface area contributed by atoms with Crippen molar-refractivity contribution in [3.63, 3.8) is 0 Å². The fraction of sp³-hybridized carbons (Fsp3) is 0.667. The highest BCUT2D eigenvalue weighted by Crippen LogP contribution is 2.03. The van der Waals surface area contributed by atoms with Crippen LogP contribution in [0.15, 0.2) is 12.7 Å². The van der Waals surface area contributed by atoms with Crippen LogP contribution in [0.2, 0.25) is 0 Å². The van der Waals surface area contributed by atoms with E-state index in [1.165, 1.54) is 0 Å². The summed E-state index contributed by atoms with van der Waals surface area (Å²) in [5.41, 5.74) is 0. The van der Waals surface area contributed by atoms with E-state index in [0.29, 0.717) is 6.42 Å². The van der Waals surface area contributed by atoms with Crippen LogP contribution in [0, 0.1) is 0 Å². The minimum atomic E-state index is -0.150. The number of carbonyl (C=O) groups is 1. The van der Waals surface area contributed by atoms with E-state index in [0.717, 1.165) is 12.8 Å². The maximum atomic E-state index is 10.8. The standard InChI is InChI=1S/C9H16O2/c1-4-7-8(5-2)11-9(10)6-3/h5,8H,2,4,6-7H2,1,3H3. The largest absolute Gasteiger partial charge is 0.458 e. The second-order valence-corrected chi connectivity index (χ2v) is 2.41. The Balaban J connectivity index is 3.67. The van der Waals surface area contributed by atoms with Crippen molar-refractivity contribution in [2.45, 2.75) is 39.2 Å². The summed E-state index contributed by atoms with van der Waals surface area (Å²) in [5.74, 6) is -0.150. The second kappa shape index (κ2) is 5.96. The lowest BCUT2D eigenvalue weighted by Crippen LogP contribution is -2.14. The van der Waals surface area contributed by atoms with Gasteiger partial charge >= 0.3 is 5.97 Å². The molecule has 0 heterocycles. The first-order chi connectivity index (χ1) is 5.24. The number of hydrogen-bond donors (Lipinski definition) is 0. The van der Waals surface area contributed by atoms with Gasteiger partial charge in [0.2, 0.25) is 0 Å². The average Bonchev–Trinajstić information content (AvgIpc) is 2.03. The van der Waals surface area contributed by atoms with E-state index < -0.39 is 0 Å². The molecule has 0 aliphatic rings. The molecule has 0 aliphatic heterocycles. The van der Waals surface area contributed by atoms with E-state index >= 15 is 0 Å². The maximum Gasteiger partial charge on any atom is 0.306 e. The molecule has 0 aromatic carbocycles. The van der Waals surface area contributed by atoms with Gasteiger partial charge in [0, 0.05) is 6.42 Å². The Hall–Kier alpha value is -0.790. The van der Waals surface area contributed by atoms with Crippen LogP contribution in [0.5, 0.6) is 0 Å². The molecule has 0 N–H and O–H groups in total. The summed E-state index contributed by atoms with van der Waals surface area (Å²) < 4.78 is 5.03. The molecule has 0 aromatic heterocycles. The molecule has 0 spiro atoms. The zero-order valence-electron chi connectivity index (χ0n) is 7.30. The zero-order valence-corrected chi connectivity index (χ0v) is 7.30. The highest BCUT2D eigenvalue weighted by molar-refractivity contribution is 5.69. The molecule has 0 radical (unpaired) electrons. The molecular weight excluding hydrogens is 140 g/mol. The van der Waals surface area contributed by atoms with Gasteiger partial charge in [0.25, 0.3) is 0 Å². The van der Waals surface area contributed by atoms with Crippen molar-refractivity contribution in [1.29, 1.82) is 0 Å². The monoisotopic (exact) mass is 156 g/mol. The van der Waals surface area contributed by atoms with Gasteiger partial charge in [0.1, 0.15) is 6.10 Å². The van der Waals surface area contributed by atoms with E-state index in [9.17, 15) is 4.79 Å². The minimum Gasteiger partial charge on any atom is -0.458 e. The van der Waals surface area contributed by atoms with Crippen LogP contribution in [-0.2, 0) is 9.53 Å². The first-order valence-electron chi connectivity index (χ1n) is 4.06. The van der Waals surface area contributed by atoms with Crippen LogP contribution in [-0.4, -0.2) is 12.1 Å². The maximum absolute atomic E-state index is 10.8. The summed E-state index contributed by atoms with van der Waals surface area (Å²) in [6.45, 7) is 7.43. The molecule has 2 heteroatoms. The lowest BCUT2D eigenvalue weighted by atomic mass is 10.2. The summed E-state index contributed by atoms with van der Waals surface area (Å²) in [4.78, 5) is 10.8. The zero-order chi connectivity index (χ0) is 8.69. The fourth-order valence-corrected chi connectivity index (χ4v) is 0.762. The van der Waals surface area contributed by atoms with E-state index in [1.807, 2.05) is 0 Å². The topological polar surface area (TPSA) is 26.3 Å². The van der Waals surface area contributed by atoms with Crippen molar-refractivity contribution in [3.05, 3.63) is 12.7 Å². The van der Waals surface area contributed by atoms with Crippen molar-refractivity contribution in [2.75, 3.05) is 0 Å². The fourth-order valence-electron chi connectivity index (χ4n) is 0.762. The van der Waals surface area contributed by atoms with Gasteiger partial charge in [0.15, 0.2) is 0 Å². The van der Waals surface area contributed by atoms with Gasteiger partial charge in [-0.15, -0.1) is 0 Å². The van der Waals surface area contributed by atoms with Crippen LogP contribution < -0.4 is 0 Å². The SMILES string of the molecule is C=CC(CCC)OC(=O)CC. The third-order valence-electron chi connectivity index (χ3n) is 1.41. The molecule has 0 saturated carbocycles. The van der Waals surface area contributed by atoms with Crippen LogP contribution in [0.25, 0.3) is 0 Å². The summed E-state index contributed by atoms with van der Waals surface area (Å²) in [6, 6.07) is 0. The van der Waals surface area contributed by atoms with Gasteiger partial charge < -0.3 is 4.74 Å². The van der Waals surface area contributed by atoms with Crippen molar-refractivity contribution in [3.8, 4) is 0 Å². The molecule has 0 bridgehead atoms. The molecule has 1 unspecified atom stereocenters. The number of esters is 1. The Morgan fingerprint density at radius 2 is 2.27 bits per heavy atom. The molecule has 0 fully saturated rings. The summed E-state index contributed by atoms with van der Waals surface area (Å²) in [5, 5.41) is 0. The smallest absolute Gasteiger partial charge is 0.306 e. The molecule has 0 aliphatic carbocycles. The third kappa shape index (κ3) is 4.59. The predicted octanol–water partition coefficient (Wildman–Crippen LogP) is 2.29. The van der Waals surface area contributed by atoms with Crippen LogP contribution >= 0.6 is 0 Å². The number of hydrogen-bond acceptors (Lipinski definition) is 2. The Kier molecular flexibility index (Phi) is 5.53. The highest BCUT2D eigenvalue weighted by Gasteiger charge is 2.06. The molecule has 0 rings (SSSR count). The molecule has 0 amide bonds. The van der Waals surface area contributed by atoms with Gasteiger partial charge in [-0.2, -0.15) is 0 Å². The van der Waals surface area contributed by atoms with E-state index in [1.54, 1.807) is 13.0 Å². The van der Waals surface area contributed by atoms with Gasteiger partial charge in [0.05, 0.1) is 0 Å². The van der Waals surface area contributed by atoms with E-state index in [-0.39, 0.29) is 12.1 Å². The van der Waals surface area contributed by atoms with Crippen molar-refractivity contribution in [1.82, 2.24) is 0 Å².